The number of aryl methyl sites for hydroxylation is 1. The first-order valence-corrected chi connectivity index (χ1v) is 13.2. The lowest BCUT2D eigenvalue weighted by atomic mass is 10.0. The molecule has 0 fully saturated rings. The van der Waals surface area contributed by atoms with E-state index < -0.39 is 27.7 Å². The van der Waals surface area contributed by atoms with Crippen molar-refractivity contribution in [2.75, 3.05) is 0 Å². The number of carbonyl (C=O) groups is 1. The molecule has 0 radical (unpaired) electrons. The Labute approximate surface area is 213 Å². The maximum absolute atomic E-state index is 13.0. The Hall–Kier alpha value is -3.46. The van der Waals surface area contributed by atoms with E-state index in [4.69, 9.17) is 20.8 Å². The van der Waals surface area contributed by atoms with Crippen LogP contribution in [0, 0.1) is 6.92 Å². The molecular weight excluding hydrogens is 502 g/mol. The van der Waals surface area contributed by atoms with Gasteiger partial charge >= 0.3 is 11.6 Å². The number of esters is 1. The van der Waals surface area contributed by atoms with E-state index in [1.54, 1.807) is 18.2 Å². The average molecular weight is 526 g/mol. The van der Waals surface area contributed by atoms with Crippen molar-refractivity contribution in [3.63, 3.8) is 0 Å². The highest BCUT2D eigenvalue weighted by Crippen LogP contribution is 2.35. The van der Waals surface area contributed by atoms with Crippen molar-refractivity contribution in [2.45, 2.75) is 37.6 Å². The summed E-state index contributed by atoms with van der Waals surface area (Å²) in [4.78, 5) is 25.3. The number of halogens is 1. The molecule has 1 atom stereocenters. The number of benzene rings is 3. The van der Waals surface area contributed by atoms with Gasteiger partial charge in [0.2, 0.25) is 10.0 Å². The number of ether oxygens (including phenoxy) is 1. The molecule has 0 aliphatic rings. The molecule has 0 aliphatic heterocycles. The maximum Gasteiger partial charge on any atom is 0.336 e. The minimum Gasteiger partial charge on any atom is -0.424 e. The minimum atomic E-state index is -3.97. The van der Waals surface area contributed by atoms with Crippen molar-refractivity contribution in [1.29, 1.82) is 0 Å². The van der Waals surface area contributed by atoms with Gasteiger partial charge in [0.1, 0.15) is 11.6 Å². The van der Waals surface area contributed by atoms with E-state index in [1.165, 1.54) is 24.3 Å². The van der Waals surface area contributed by atoms with Crippen molar-refractivity contribution < 1.29 is 22.4 Å². The summed E-state index contributed by atoms with van der Waals surface area (Å²) >= 11 is 6.44. The van der Waals surface area contributed by atoms with Gasteiger partial charge in [-0.25, -0.2) is 18.0 Å². The zero-order chi connectivity index (χ0) is 25.9. The topological polar surface area (TPSA) is 103 Å². The highest BCUT2D eigenvalue weighted by atomic mass is 35.5. The van der Waals surface area contributed by atoms with Crippen LogP contribution < -0.4 is 15.1 Å². The standard InChI is InChI=1S/C27H24ClNO6S/c1-3-7-23(29-36(32,33)19-12-10-17(2)11-13-19)27(31)35-25-16-24-21(14-22(25)28)20(15-26(30)34-24)18-8-5-4-6-9-18/h4-6,8-16,23,29H,3,7H2,1-2H3/t23-/m0/s1. The Bertz CT molecular complexity index is 1560. The van der Waals surface area contributed by atoms with Crippen molar-refractivity contribution >= 4 is 38.6 Å². The van der Waals surface area contributed by atoms with Gasteiger partial charge in [-0.3, -0.25) is 0 Å². The molecule has 0 saturated heterocycles. The number of carbonyl (C=O) groups excluding carboxylic acids is 1. The molecule has 7 nitrogen and oxygen atoms in total. The first-order chi connectivity index (χ1) is 17.2. The molecule has 0 saturated carbocycles. The second kappa shape index (κ2) is 10.7. The van der Waals surface area contributed by atoms with E-state index in [1.807, 2.05) is 44.2 Å². The fraction of sp³-hybridized carbons (Fsp3) is 0.185. The van der Waals surface area contributed by atoms with Gasteiger partial charge < -0.3 is 9.15 Å². The summed E-state index contributed by atoms with van der Waals surface area (Å²) in [7, 11) is -3.97. The predicted molar refractivity (Wildman–Crippen MR) is 139 cm³/mol. The Morgan fingerprint density at radius 3 is 2.42 bits per heavy atom. The minimum absolute atomic E-state index is 0.0426. The molecule has 4 rings (SSSR count). The second-order valence-corrected chi connectivity index (χ2v) is 10.4. The molecule has 3 aromatic carbocycles. The zero-order valence-corrected chi connectivity index (χ0v) is 21.2. The molecule has 36 heavy (non-hydrogen) atoms. The van der Waals surface area contributed by atoms with E-state index in [0.717, 1.165) is 11.1 Å². The van der Waals surface area contributed by atoms with Gasteiger partial charge in [0.25, 0.3) is 0 Å². The molecule has 0 unspecified atom stereocenters. The highest BCUT2D eigenvalue weighted by molar-refractivity contribution is 7.89. The molecule has 1 aromatic heterocycles. The molecule has 0 aliphatic carbocycles. The van der Waals surface area contributed by atoms with E-state index >= 15 is 0 Å². The highest BCUT2D eigenvalue weighted by Gasteiger charge is 2.27. The second-order valence-electron chi connectivity index (χ2n) is 8.32. The Kier molecular flexibility index (Phi) is 7.59. The predicted octanol–water partition coefficient (Wildman–Crippen LogP) is 5.47. The van der Waals surface area contributed by atoms with Crippen LogP contribution >= 0.6 is 11.6 Å². The van der Waals surface area contributed by atoms with E-state index in [0.29, 0.717) is 17.4 Å². The van der Waals surface area contributed by atoms with Crippen LogP contribution in [0.5, 0.6) is 5.75 Å². The number of rotatable bonds is 8. The summed E-state index contributed by atoms with van der Waals surface area (Å²) in [5.41, 5.74) is 1.93. The van der Waals surface area contributed by atoms with Gasteiger partial charge in [0.05, 0.1) is 9.92 Å². The molecule has 0 bridgehead atoms. The average Bonchev–Trinajstić information content (AvgIpc) is 2.85. The maximum atomic E-state index is 13.0. The Morgan fingerprint density at radius 1 is 1.06 bits per heavy atom. The molecular formula is C27H24ClNO6S. The lowest BCUT2D eigenvalue weighted by Crippen LogP contribution is -2.42. The number of fused-ring (bicyclic) bond motifs is 1. The third-order valence-corrected chi connectivity index (χ3v) is 7.37. The number of nitrogens with one attached hydrogen (secondary N) is 1. The van der Waals surface area contributed by atoms with E-state index in [2.05, 4.69) is 4.72 Å². The van der Waals surface area contributed by atoms with Gasteiger partial charge in [-0.05, 0) is 42.7 Å². The van der Waals surface area contributed by atoms with E-state index in [9.17, 15) is 18.0 Å². The summed E-state index contributed by atoms with van der Waals surface area (Å²) in [5, 5.41) is 0.675. The largest absolute Gasteiger partial charge is 0.424 e. The summed E-state index contributed by atoms with van der Waals surface area (Å²) in [5.74, 6) is -0.867. The monoisotopic (exact) mass is 525 g/mol. The smallest absolute Gasteiger partial charge is 0.336 e. The van der Waals surface area contributed by atoms with Crippen LogP contribution in [0.1, 0.15) is 25.3 Å². The van der Waals surface area contributed by atoms with Crippen LogP contribution in [0.15, 0.2) is 86.9 Å². The van der Waals surface area contributed by atoms with Gasteiger partial charge in [0.15, 0.2) is 5.75 Å². The van der Waals surface area contributed by atoms with Gasteiger partial charge in [-0.2, -0.15) is 4.72 Å². The van der Waals surface area contributed by atoms with Crippen molar-refractivity contribution in [2.24, 2.45) is 0 Å². The fourth-order valence-electron chi connectivity index (χ4n) is 3.76. The summed E-state index contributed by atoms with van der Waals surface area (Å²) in [6.45, 7) is 3.67. The SMILES string of the molecule is CCC[C@H](NS(=O)(=O)c1ccc(C)cc1)C(=O)Oc1cc2oc(=O)cc(-c3ccccc3)c2cc1Cl. The van der Waals surface area contributed by atoms with Crippen molar-refractivity contribution in [3.8, 4) is 16.9 Å². The Balaban J connectivity index is 1.64. The molecule has 186 valence electrons. The Morgan fingerprint density at radius 2 is 1.75 bits per heavy atom. The lowest BCUT2D eigenvalue weighted by Gasteiger charge is -2.18. The van der Waals surface area contributed by atoms with Gasteiger partial charge in [0, 0.05) is 17.5 Å². The van der Waals surface area contributed by atoms with Crippen molar-refractivity contribution in [1.82, 2.24) is 4.72 Å². The fourth-order valence-corrected chi connectivity index (χ4v) is 5.19. The van der Waals surface area contributed by atoms with Gasteiger partial charge in [-0.15, -0.1) is 0 Å². The van der Waals surface area contributed by atoms with Crippen LogP contribution in [0.3, 0.4) is 0 Å². The number of sulfonamides is 1. The summed E-state index contributed by atoms with van der Waals surface area (Å²) in [6.07, 6.45) is 0.735. The van der Waals surface area contributed by atoms with Crippen LogP contribution in [0.2, 0.25) is 5.02 Å². The molecule has 0 amide bonds. The van der Waals surface area contributed by atoms with Crippen LogP contribution in [-0.2, 0) is 14.8 Å². The van der Waals surface area contributed by atoms with Gasteiger partial charge in [-0.1, -0.05) is 73.0 Å². The van der Waals surface area contributed by atoms with E-state index in [-0.39, 0.29) is 27.7 Å². The van der Waals surface area contributed by atoms with Crippen molar-refractivity contribution in [3.05, 3.63) is 93.8 Å². The lowest BCUT2D eigenvalue weighted by molar-refractivity contribution is -0.136. The molecule has 1 N–H and O–H groups in total. The zero-order valence-electron chi connectivity index (χ0n) is 19.7. The first-order valence-electron chi connectivity index (χ1n) is 11.3. The number of hydrogen-bond acceptors (Lipinski definition) is 6. The third-order valence-electron chi connectivity index (χ3n) is 5.58. The molecule has 4 aromatic rings. The summed E-state index contributed by atoms with van der Waals surface area (Å²) in [6, 6.07) is 18.7. The molecule has 0 spiro atoms. The van der Waals surface area contributed by atoms with Crippen LogP contribution in [-0.4, -0.2) is 20.4 Å². The normalized spacial score (nSPS) is 12.4. The number of hydrogen-bond donors (Lipinski definition) is 1. The molecule has 9 heteroatoms. The van der Waals surface area contributed by atoms with Crippen LogP contribution in [0.25, 0.3) is 22.1 Å². The molecule has 1 heterocycles. The quantitative estimate of drug-likeness (QED) is 0.186. The summed E-state index contributed by atoms with van der Waals surface area (Å²) < 4.78 is 38.9. The third kappa shape index (κ3) is 5.67. The van der Waals surface area contributed by atoms with Crippen LogP contribution in [0.4, 0.5) is 0 Å². The first kappa shape index (κ1) is 25.6.